The summed E-state index contributed by atoms with van der Waals surface area (Å²) in [5.41, 5.74) is 1.13. The Kier molecular flexibility index (Phi) is 6.82. The number of halogens is 1. The van der Waals surface area contributed by atoms with E-state index in [1.165, 1.54) is 0 Å². The van der Waals surface area contributed by atoms with Crippen molar-refractivity contribution >= 4 is 35.0 Å². The summed E-state index contributed by atoms with van der Waals surface area (Å²) in [4.78, 5) is 37.9. The highest BCUT2D eigenvalue weighted by molar-refractivity contribution is 6.17. The van der Waals surface area contributed by atoms with Gasteiger partial charge in [0.1, 0.15) is 0 Å². The fourth-order valence-corrected chi connectivity index (χ4v) is 2.86. The monoisotopic (exact) mass is 365 g/mol. The lowest BCUT2D eigenvalue weighted by atomic mass is 10.1. The molecule has 6 nitrogen and oxygen atoms in total. The van der Waals surface area contributed by atoms with Gasteiger partial charge in [-0.2, -0.15) is 0 Å². The summed E-state index contributed by atoms with van der Waals surface area (Å²) in [6, 6.07) is 6.79. The van der Waals surface area contributed by atoms with Crippen molar-refractivity contribution in [1.82, 2.24) is 10.2 Å². The molecule has 7 heteroatoms. The van der Waals surface area contributed by atoms with Gasteiger partial charge in [0.2, 0.25) is 11.8 Å². The van der Waals surface area contributed by atoms with E-state index >= 15 is 0 Å². The first-order valence-corrected chi connectivity index (χ1v) is 9.00. The van der Waals surface area contributed by atoms with Crippen LogP contribution in [0, 0.1) is 5.92 Å². The van der Waals surface area contributed by atoms with Crippen LogP contribution in [0.5, 0.6) is 0 Å². The standard InChI is InChI=1S/C18H24ClN3O3/c1-12(2)22-11-14(10-16(22)23)18(25)21-15-6-4-13(5-7-15)17(24)20-9-3-8-19/h4-7,12,14H,3,8-11H2,1-2H3,(H,20,24)(H,21,25). The van der Waals surface area contributed by atoms with E-state index in [2.05, 4.69) is 10.6 Å². The molecule has 25 heavy (non-hydrogen) atoms. The summed E-state index contributed by atoms with van der Waals surface area (Å²) in [7, 11) is 0. The summed E-state index contributed by atoms with van der Waals surface area (Å²) in [5, 5.41) is 5.59. The molecule has 2 N–H and O–H groups in total. The summed E-state index contributed by atoms with van der Waals surface area (Å²) >= 11 is 5.57. The number of benzene rings is 1. The second-order valence-corrected chi connectivity index (χ2v) is 6.78. The first-order valence-electron chi connectivity index (χ1n) is 8.47. The van der Waals surface area contributed by atoms with Gasteiger partial charge in [-0.05, 0) is 44.5 Å². The van der Waals surface area contributed by atoms with Gasteiger partial charge in [-0.15, -0.1) is 11.6 Å². The van der Waals surface area contributed by atoms with Gasteiger partial charge in [0, 0.05) is 42.7 Å². The van der Waals surface area contributed by atoms with Crippen LogP contribution in [-0.4, -0.2) is 47.6 Å². The highest BCUT2D eigenvalue weighted by atomic mass is 35.5. The van der Waals surface area contributed by atoms with Gasteiger partial charge in [-0.25, -0.2) is 0 Å². The molecule has 0 bridgehead atoms. The zero-order valence-corrected chi connectivity index (χ0v) is 15.3. The molecule has 1 fully saturated rings. The first-order chi connectivity index (χ1) is 11.9. The topological polar surface area (TPSA) is 78.5 Å². The minimum absolute atomic E-state index is 0.0131. The van der Waals surface area contributed by atoms with Crippen molar-refractivity contribution in [2.75, 3.05) is 24.3 Å². The van der Waals surface area contributed by atoms with Crippen LogP contribution in [0.4, 0.5) is 5.69 Å². The summed E-state index contributed by atoms with van der Waals surface area (Å²) in [6.07, 6.45) is 0.958. The summed E-state index contributed by atoms with van der Waals surface area (Å²) in [5.74, 6) is -0.163. The van der Waals surface area contributed by atoms with E-state index in [9.17, 15) is 14.4 Å². The molecule has 0 radical (unpaired) electrons. The molecule has 1 aromatic rings. The van der Waals surface area contributed by atoms with E-state index in [4.69, 9.17) is 11.6 Å². The number of rotatable bonds is 7. The van der Waals surface area contributed by atoms with Crippen LogP contribution in [0.1, 0.15) is 37.0 Å². The first kappa shape index (κ1) is 19.2. The number of carbonyl (C=O) groups excluding carboxylic acids is 3. The Morgan fingerprint density at radius 3 is 2.52 bits per heavy atom. The molecule has 0 aromatic heterocycles. The number of anilines is 1. The molecule has 1 aliphatic heterocycles. The van der Waals surface area contributed by atoms with E-state index in [-0.39, 0.29) is 36.1 Å². The third-order valence-electron chi connectivity index (χ3n) is 4.16. The third-order valence-corrected chi connectivity index (χ3v) is 4.43. The Hall–Kier alpha value is -2.08. The van der Waals surface area contributed by atoms with Crippen molar-refractivity contribution in [3.8, 4) is 0 Å². The molecule has 0 saturated carbocycles. The highest BCUT2D eigenvalue weighted by Gasteiger charge is 2.35. The Labute approximate surface area is 152 Å². The van der Waals surface area contributed by atoms with Crippen molar-refractivity contribution in [3.63, 3.8) is 0 Å². The van der Waals surface area contributed by atoms with Crippen LogP contribution in [0.2, 0.25) is 0 Å². The SMILES string of the molecule is CC(C)N1CC(C(=O)Nc2ccc(C(=O)NCCCCl)cc2)CC1=O. The fraction of sp³-hybridized carbons (Fsp3) is 0.500. The lowest BCUT2D eigenvalue weighted by Gasteiger charge is -2.20. The van der Waals surface area contributed by atoms with E-state index in [1.807, 2.05) is 13.8 Å². The molecule has 0 spiro atoms. The highest BCUT2D eigenvalue weighted by Crippen LogP contribution is 2.22. The molecule has 3 amide bonds. The van der Waals surface area contributed by atoms with Crippen molar-refractivity contribution in [1.29, 1.82) is 0 Å². The molecule has 1 aromatic carbocycles. The van der Waals surface area contributed by atoms with Crippen molar-refractivity contribution < 1.29 is 14.4 Å². The Morgan fingerprint density at radius 1 is 1.28 bits per heavy atom. The molecular formula is C18H24ClN3O3. The predicted octanol–water partition coefficient (Wildman–Crippen LogP) is 2.24. The molecule has 2 rings (SSSR count). The van der Waals surface area contributed by atoms with Gasteiger partial charge in [0.15, 0.2) is 0 Å². The zero-order chi connectivity index (χ0) is 18.4. The average Bonchev–Trinajstić information content (AvgIpc) is 2.98. The van der Waals surface area contributed by atoms with Gasteiger partial charge in [-0.3, -0.25) is 14.4 Å². The smallest absolute Gasteiger partial charge is 0.251 e. The minimum atomic E-state index is -0.339. The molecule has 1 atom stereocenters. The van der Waals surface area contributed by atoms with Gasteiger partial charge in [0.05, 0.1) is 5.92 Å². The lowest BCUT2D eigenvalue weighted by molar-refractivity contribution is -0.129. The van der Waals surface area contributed by atoms with Crippen LogP contribution < -0.4 is 10.6 Å². The Balaban J connectivity index is 1.89. The number of amides is 3. The molecule has 0 aliphatic carbocycles. The number of nitrogens with zero attached hydrogens (tertiary/aromatic N) is 1. The molecule has 1 saturated heterocycles. The van der Waals surface area contributed by atoms with Gasteiger partial charge in [0.25, 0.3) is 5.91 Å². The number of alkyl halides is 1. The van der Waals surface area contributed by atoms with Crippen LogP contribution in [-0.2, 0) is 9.59 Å². The average molecular weight is 366 g/mol. The number of hydrogen-bond donors (Lipinski definition) is 2. The number of likely N-dealkylation sites (tertiary alicyclic amines) is 1. The van der Waals surface area contributed by atoms with Crippen LogP contribution >= 0.6 is 11.6 Å². The van der Waals surface area contributed by atoms with Crippen LogP contribution in [0.25, 0.3) is 0 Å². The second kappa shape index (κ2) is 8.85. The Morgan fingerprint density at radius 2 is 1.96 bits per heavy atom. The maximum absolute atomic E-state index is 12.3. The maximum Gasteiger partial charge on any atom is 0.251 e. The Bertz CT molecular complexity index is 631. The van der Waals surface area contributed by atoms with Crippen LogP contribution in [0.15, 0.2) is 24.3 Å². The molecule has 1 unspecified atom stereocenters. The van der Waals surface area contributed by atoms with Crippen LogP contribution in [0.3, 0.4) is 0 Å². The number of nitrogens with one attached hydrogen (secondary N) is 2. The third kappa shape index (κ3) is 5.19. The minimum Gasteiger partial charge on any atom is -0.352 e. The predicted molar refractivity (Wildman–Crippen MR) is 97.7 cm³/mol. The molecule has 1 aliphatic rings. The summed E-state index contributed by atoms with van der Waals surface area (Å²) < 4.78 is 0. The fourth-order valence-electron chi connectivity index (χ4n) is 2.73. The molecular weight excluding hydrogens is 342 g/mol. The zero-order valence-electron chi connectivity index (χ0n) is 14.5. The molecule has 136 valence electrons. The van der Waals surface area contributed by atoms with Gasteiger partial charge in [-0.1, -0.05) is 0 Å². The largest absolute Gasteiger partial charge is 0.352 e. The summed E-state index contributed by atoms with van der Waals surface area (Å²) in [6.45, 7) is 4.86. The van der Waals surface area contributed by atoms with E-state index in [0.29, 0.717) is 30.2 Å². The second-order valence-electron chi connectivity index (χ2n) is 6.41. The maximum atomic E-state index is 12.3. The quantitative estimate of drug-likeness (QED) is 0.574. The van der Waals surface area contributed by atoms with Gasteiger partial charge < -0.3 is 15.5 Å². The van der Waals surface area contributed by atoms with E-state index in [1.54, 1.807) is 29.2 Å². The van der Waals surface area contributed by atoms with Crippen molar-refractivity contribution in [2.24, 2.45) is 5.92 Å². The number of hydrogen-bond acceptors (Lipinski definition) is 3. The van der Waals surface area contributed by atoms with E-state index < -0.39 is 0 Å². The van der Waals surface area contributed by atoms with Gasteiger partial charge >= 0.3 is 0 Å². The lowest BCUT2D eigenvalue weighted by Crippen LogP contribution is -2.33. The van der Waals surface area contributed by atoms with E-state index in [0.717, 1.165) is 6.42 Å². The number of carbonyl (C=O) groups is 3. The van der Waals surface area contributed by atoms with Crippen molar-refractivity contribution in [3.05, 3.63) is 29.8 Å². The molecule has 1 heterocycles. The normalized spacial score (nSPS) is 17.0. The van der Waals surface area contributed by atoms with Crippen molar-refractivity contribution in [2.45, 2.75) is 32.7 Å².